The van der Waals surface area contributed by atoms with Crippen LogP contribution in [0.4, 0.5) is 0 Å². The van der Waals surface area contributed by atoms with Crippen LogP contribution in [-0.4, -0.2) is 14.2 Å². The van der Waals surface area contributed by atoms with Gasteiger partial charge in [-0.1, -0.05) is 0 Å². The van der Waals surface area contributed by atoms with Crippen LogP contribution >= 0.6 is 11.8 Å². The first kappa shape index (κ1) is 38.8. The van der Waals surface area contributed by atoms with E-state index in [0.29, 0.717) is 0 Å². The molecule has 11 heteroatoms. The van der Waals surface area contributed by atoms with E-state index in [9.17, 15) is 0 Å². The van der Waals surface area contributed by atoms with Crippen LogP contribution in [0.1, 0.15) is 0 Å². The van der Waals surface area contributed by atoms with Gasteiger partial charge in [0.2, 0.25) is 0 Å². The fourth-order valence-corrected chi connectivity index (χ4v) is 4.90. The van der Waals surface area contributed by atoms with Crippen molar-refractivity contribution in [1.29, 1.82) is 0 Å². The molecule has 0 unspecified atom stereocenters. The maximum Gasteiger partial charge on any atom is 0.0740 e. The summed E-state index contributed by atoms with van der Waals surface area (Å²) in [6.45, 7) is 0. The summed E-state index contributed by atoms with van der Waals surface area (Å²) in [5.74, 6) is -4.12. The van der Waals surface area contributed by atoms with Gasteiger partial charge in [-0.15, -0.1) is 18.0 Å². The standard InChI is InChI=1S/2C6H8OPS2.2C5H5.2Fe.Pd/c2*1-7-8(9,10)6-4-2-3-5-6;2*1-2-4-5-3-1;;;/h2*2-5H,1H3,(H,9,10);2*1-5H;;;/q-5;3*-1;;;/p-2. The molecule has 0 radical (unpaired) electrons. The minimum absolute atomic E-state index is 0. The molecule has 33 heavy (non-hydrogen) atoms. The van der Waals surface area contributed by atoms with Crippen molar-refractivity contribution in [3.05, 3.63) is 109 Å². The average molecular weight is 729 g/mol. The first-order valence-corrected chi connectivity index (χ1v) is 16.3. The summed E-state index contributed by atoms with van der Waals surface area (Å²) < 4.78 is 10.0. The summed E-state index contributed by atoms with van der Waals surface area (Å²) in [7, 11) is 3.14. The molecule has 0 aromatic heterocycles. The molecular formula is C22H24Fe2O2P2PdS4-10. The second-order valence-corrected chi connectivity index (χ2v) is 16.9. The molecule has 0 saturated heterocycles. The largest absolute Gasteiger partial charge is 0.745 e. The van der Waals surface area contributed by atoms with Gasteiger partial charge in [0.05, 0.1) is 14.2 Å². The molecule has 194 valence electrons. The smallest absolute Gasteiger partial charge is 0.0740 e. The van der Waals surface area contributed by atoms with Crippen LogP contribution in [0.15, 0.2) is 109 Å². The molecule has 0 aliphatic heterocycles. The van der Waals surface area contributed by atoms with Gasteiger partial charge in [0.15, 0.2) is 0 Å². The van der Waals surface area contributed by atoms with Crippen LogP contribution in [-0.2, 0) is 113 Å². The van der Waals surface area contributed by atoms with E-state index in [1.807, 2.05) is 109 Å². The van der Waals surface area contributed by atoms with Crippen LogP contribution in [0, 0.1) is 0 Å². The molecule has 4 rings (SSSR count). The van der Waals surface area contributed by atoms with Crippen LogP contribution in [0.25, 0.3) is 0 Å². The SMILES string of the molecule is CO[P+]([S-])([S-])[c-]1[cH-][cH-][cH-][cH-]1.CO[P+]([S-])([S-])[c-]1cccc1.[Fe].[Fe].[Pd].c1cc[cH-]c1.c1cc[cH-]c1. The van der Waals surface area contributed by atoms with Crippen molar-refractivity contribution in [2.75, 3.05) is 14.2 Å². The minimum atomic E-state index is -2.06. The second kappa shape index (κ2) is 22.5. The van der Waals surface area contributed by atoms with Crippen molar-refractivity contribution in [2.24, 2.45) is 0 Å². The Labute approximate surface area is 255 Å². The second-order valence-electron chi connectivity index (χ2n) is 5.57. The minimum Gasteiger partial charge on any atom is -0.745 e. The Balaban J connectivity index is -0.000000368. The van der Waals surface area contributed by atoms with Gasteiger partial charge >= 0.3 is 0 Å². The van der Waals surface area contributed by atoms with E-state index in [2.05, 4.69) is 0 Å². The zero-order valence-corrected chi connectivity index (χ0v) is 26.6. The molecule has 2 nitrogen and oxygen atoms in total. The van der Waals surface area contributed by atoms with Gasteiger partial charge in [0, 0.05) is 54.6 Å². The maximum absolute atomic E-state index is 5.07. The monoisotopic (exact) mass is 728 g/mol. The van der Waals surface area contributed by atoms with Gasteiger partial charge in [-0.3, -0.25) is 10.4 Å². The van der Waals surface area contributed by atoms with Crippen molar-refractivity contribution in [3.63, 3.8) is 0 Å². The van der Waals surface area contributed by atoms with Crippen LogP contribution in [0.3, 0.4) is 0 Å². The quantitative estimate of drug-likeness (QED) is 0.113. The van der Waals surface area contributed by atoms with Gasteiger partial charge < -0.3 is 83.1 Å². The Kier molecular flexibility index (Phi) is 26.4. The normalized spacial score (nSPS) is 9.64. The number of hydrogen-bond donors (Lipinski definition) is 0. The molecule has 4 aromatic carbocycles. The molecule has 0 bridgehead atoms. The van der Waals surface area contributed by atoms with Crippen molar-refractivity contribution >= 4 is 71.4 Å². The Morgan fingerprint density at radius 2 is 1.00 bits per heavy atom. The summed E-state index contributed by atoms with van der Waals surface area (Å²) in [5, 5.41) is 1.94. The summed E-state index contributed by atoms with van der Waals surface area (Å²) >= 11 is 20.3. The van der Waals surface area contributed by atoms with E-state index in [-0.39, 0.29) is 54.6 Å². The van der Waals surface area contributed by atoms with Crippen LogP contribution < -0.4 is 10.6 Å². The van der Waals surface area contributed by atoms with Gasteiger partial charge in [-0.2, -0.15) is 36.4 Å². The number of hydrogen-bond acceptors (Lipinski definition) is 6. The summed E-state index contributed by atoms with van der Waals surface area (Å²) in [6.07, 6.45) is 0. The molecular weight excluding hydrogens is 705 g/mol. The molecule has 0 aliphatic rings. The topological polar surface area (TPSA) is 18.5 Å². The van der Waals surface area contributed by atoms with Crippen LogP contribution in [0.2, 0.25) is 0 Å². The van der Waals surface area contributed by atoms with E-state index < -0.39 is 11.8 Å². The molecule has 0 amide bonds. The predicted octanol–water partition coefficient (Wildman–Crippen LogP) is 5.87. The molecule has 0 atom stereocenters. The fourth-order valence-electron chi connectivity index (χ4n) is 1.95. The average Bonchev–Trinajstić information content (AvgIpc) is 3.59. The first-order valence-electron chi connectivity index (χ1n) is 8.85. The zero-order valence-electron chi connectivity index (χ0n) is 17.8. The predicted molar refractivity (Wildman–Crippen MR) is 145 cm³/mol. The zero-order chi connectivity index (χ0) is 22.3. The maximum atomic E-state index is 5.07. The molecule has 0 heterocycles. The van der Waals surface area contributed by atoms with Crippen molar-refractivity contribution in [1.82, 2.24) is 0 Å². The summed E-state index contributed by atoms with van der Waals surface area (Å²) in [5.41, 5.74) is 0. The van der Waals surface area contributed by atoms with Crippen molar-refractivity contribution < 1.29 is 63.6 Å². The fraction of sp³-hybridized carbons (Fsp3) is 0.0909. The molecule has 0 aliphatic carbocycles. The third-order valence-corrected chi connectivity index (χ3v) is 10.7. The van der Waals surface area contributed by atoms with E-state index in [4.69, 9.17) is 58.0 Å². The van der Waals surface area contributed by atoms with Gasteiger partial charge in [-0.25, -0.2) is 36.4 Å². The molecule has 4 aromatic rings. The Morgan fingerprint density at radius 3 is 1.27 bits per heavy atom. The summed E-state index contributed by atoms with van der Waals surface area (Å²) in [6, 6.07) is 35.3. The van der Waals surface area contributed by atoms with E-state index >= 15 is 0 Å². The third-order valence-electron chi connectivity index (χ3n) is 3.51. The Bertz CT molecular complexity index is 736. The van der Waals surface area contributed by atoms with E-state index in [0.717, 1.165) is 10.6 Å². The van der Waals surface area contributed by atoms with Crippen molar-refractivity contribution in [3.8, 4) is 0 Å². The molecule has 0 fully saturated rings. The van der Waals surface area contributed by atoms with E-state index in [1.165, 1.54) is 0 Å². The van der Waals surface area contributed by atoms with Crippen LogP contribution in [0.5, 0.6) is 0 Å². The third kappa shape index (κ3) is 17.4. The van der Waals surface area contributed by atoms with Gasteiger partial charge in [-0.05, 0) is 5.30 Å². The molecule has 0 saturated carbocycles. The molecule has 0 spiro atoms. The van der Waals surface area contributed by atoms with E-state index in [1.54, 1.807) is 14.2 Å². The van der Waals surface area contributed by atoms with Gasteiger partial charge in [0.1, 0.15) is 0 Å². The van der Waals surface area contributed by atoms with Gasteiger partial charge in [0.25, 0.3) is 0 Å². The Morgan fingerprint density at radius 1 is 0.636 bits per heavy atom. The summed E-state index contributed by atoms with van der Waals surface area (Å²) in [4.78, 5) is 0. The number of rotatable bonds is 4. The first-order chi connectivity index (χ1) is 14.3. The van der Waals surface area contributed by atoms with Crippen molar-refractivity contribution in [2.45, 2.75) is 0 Å². The molecule has 0 N–H and O–H groups in total. The Hall–Kier alpha value is 1.28.